The Morgan fingerprint density at radius 1 is 1.24 bits per heavy atom. The molecule has 0 amide bonds. The standard InChI is InChI=1S/C15H25BrN2O3/c1-6-21-14(9(2)3)13(18-17)10-7-8-11(19-4)12(16)15(10)20-5/h7-9,13-14,18H,6,17H2,1-5H3. The van der Waals surface area contributed by atoms with Crippen molar-refractivity contribution in [2.24, 2.45) is 11.8 Å². The summed E-state index contributed by atoms with van der Waals surface area (Å²) < 4.78 is 17.5. The van der Waals surface area contributed by atoms with Gasteiger partial charge >= 0.3 is 0 Å². The predicted molar refractivity (Wildman–Crippen MR) is 87.6 cm³/mol. The van der Waals surface area contributed by atoms with Crippen molar-refractivity contribution in [2.45, 2.75) is 32.9 Å². The van der Waals surface area contributed by atoms with Crippen LogP contribution >= 0.6 is 15.9 Å². The Bertz CT molecular complexity index is 455. The highest BCUT2D eigenvalue weighted by Crippen LogP contribution is 2.41. The molecule has 21 heavy (non-hydrogen) atoms. The largest absolute Gasteiger partial charge is 0.495 e. The summed E-state index contributed by atoms with van der Waals surface area (Å²) in [6.45, 7) is 6.82. The van der Waals surface area contributed by atoms with Gasteiger partial charge in [0.2, 0.25) is 0 Å². The summed E-state index contributed by atoms with van der Waals surface area (Å²) in [5.74, 6) is 7.50. The van der Waals surface area contributed by atoms with Gasteiger partial charge in [-0.25, -0.2) is 0 Å². The van der Waals surface area contributed by atoms with Crippen LogP contribution in [0.1, 0.15) is 32.4 Å². The molecule has 2 unspecified atom stereocenters. The second kappa shape index (κ2) is 8.58. The number of methoxy groups -OCH3 is 2. The molecule has 2 atom stereocenters. The number of nitrogens with two attached hydrogens (primary N) is 1. The minimum absolute atomic E-state index is 0.0609. The molecule has 0 radical (unpaired) electrons. The van der Waals surface area contributed by atoms with Gasteiger partial charge in [-0.2, -0.15) is 0 Å². The van der Waals surface area contributed by atoms with Crippen molar-refractivity contribution in [1.82, 2.24) is 5.43 Å². The molecular formula is C15H25BrN2O3. The van der Waals surface area contributed by atoms with Gasteiger partial charge in [-0.3, -0.25) is 11.3 Å². The zero-order valence-corrected chi connectivity index (χ0v) is 14.9. The van der Waals surface area contributed by atoms with E-state index in [0.29, 0.717) is 24.0 Å². The van der Waals surface area contributed by atoms with Crippen LogP contribution in [0.5, 0.6) is 11.5 Å². The molecule has 0 saturated heterocycles. The van der Waals surface area contributed by atoms with Crippen LogP contribution in [0.25, 0.3) is 0 Å². The molecule has 0 aliphatic carbocycles. The molecule has 0 spiro atoms. The molecule has 0 fully saturated rings. The lowest BCUT2D eigenvalue weighted by Crippen LogP contribution is -2.41. The van der Waals surface area contributed by atoms with Crippen molar-refractivity contribution in [1.29, 1.82) is 0 Å². The van der Waals surface area contributed by atoms with Crippen LogP contribution in [0, 0.1) is 5.92 Å². The lowest BCUT2D eigenvalue weighted by atomic mass is 9.93. The van der Waals surface area contributed by atoms with Gasteiger partial charge in [0.15, 0.2) is 0 Å². The molecule has 3 N–H and O–H groups in total. The van der Waals surface area contributed by atoms with Gasteiger partial charge in [-0.15, -0.1) is 0 Å². The van der Waals surface area contributed by atoms with Crippen molar-refractivity contribution >= 4 is 15.9 Å². The summed E-state index contributed by atoms with van der Waals surface area (Å²) in [6.07, 6.45) is -0.0609. The first-order chi connectivity index (χ1) is 10.0. The van der Waals surface area contributed by atoms with E-state index < -0.39 is 0 Å². The van der Waals surface area contributed by atoms with Crippen molar-refractivity contribution in [3.8, 4) is 11.5 Å². The van der Waals surface area contributed by atoms with Gasteiger partial charge < -0.3 is 14.2 Å². The molecule has 1 aromatic rings. The number of ether oxygens (including phenoxy) is 3. The third kappa shape index (κ3) is 4.10. The highest BCUT2D eigenvalue weighted by Gasteiger charge is 2.29. The summed E-state index contributed by atoms with van der Waals surface area (Å²) in [5, 5.41) is 0. The molecule has 0 aliphatic heterocycles. The van der Waals surface area contributed by atoms with E-state index in [2.05, 4.69) is 35.2 Å². The van der Waals surface area contributed by atoms with Crippen molar-refractivity contribution < 1.29 is 14.2 Å². The van der Waals surface area contributed by atoms with Crippen molar-refractivity contribution in [3.05, 3.63) is 22.2 Å². The number of hydrogen-bond donors (Lipinski definition) is 2. The normalized spacial score (nSPS) is 14.1. The highest BCUT2D eigenvalue weighted by molar-refractivity contribution is 9.10. The van der Waals surface area contributed by atoms with Crippen LogP contribution in [0.4, 0.5) is 0 Å². The Kier molecular flexibility index (Phi) is 7.45. The lowest BCUT2D eigenvalue weighted by molar-refractivity contribution is 0.00222. The minimum Gasteiger partial charge on any atom is -0.495 e. The fraction of sp³-hybridized carbons (Fsp3) is 0.600. The maximum atomic E-state index is 5.86. The fourth-order valence-corrected chi connectivity index (χ4v) is 3.08. The summed E-state index contributed by atoms with van der Waals surface area (Å²) >= 11 is 3.52. The van der Waals surface area contributed by atoms with Crippen LogP contribution in [-0.2, 0) is 4.74 Å². The van der Waals surface area contributed by atoms with Gasteiger partial charge in [-0.05, 0) is 40.9 Å². The number of hydrazine groups is 1. The van der Waals surface area contributed by atoms with Crippen LogP contribution in [0.15, 0.2) is 16.6 Å². The highest BCUT2D eigenvalue weighted by atomic mass is 79.9. The SMILES string of the molecule is CCOC(C(C)C)C(NN)c1ccc(OC)c(Br)c1OC. The number of halogens is 1. The Labute approximate surface area is 135 Å². The fourth-order valence-electron chi connectivity index (χ4n) is 2.39. The molecule has 5 nitrogen and oxygen atoms in total. The third-order valence-electron chi connectivity index (χ3n) is 3.38. The second-order valence-electron chi connectivity index (χ2n) is 5.01. The van der Waals surface area contributed by atoms with Crippen LogP contribution < -0.4 is 20.7 Å². The molecule has 6 heteroatoms. The zero-order chi connectivity index (χ0) is 16.0. The molecular weight excluding hydrogens is 336 g/mol. The lowest BCUT2D eigenvalue weighted by Gasteiger charge is -2.31. The average Bonchev–Trinajstić information content (AvgIpc) is 2.47. The van der Waals surface area contributed by atoms with E-state index in [-0.39, 0.29) is 12.1 Å². The smallest absolute Gasteiger partial charge is 0.141 e. The van der Waals surface area contributed by atoms with E-state index in [1.54, 1.807) is 14.2 Å². The quantitative estimate of drug-likeness (QED) is 0.550. The summed E-state index contributed by atoms with van der Waals surface area (Å²) in [7, 11) is 3.25. The Morgan fingerprint density at radius 3 is 2.33 bits per heavy atom. The van der Waals surface area contributed by atoms with Gasteiger partial charge in [-0.1, -0.05) is 13.8 Å². The van der Waals surface area contributed by atoms with Crippen LogP contribution in [0.3, 0.4) is 0 Å². The molecule has 1 rings (SSSR count). The number of rotatable bonds is 8. The first kappa shape index (κ1) is 18.2. The summed E-state index contributed by atoms with van der Waals surface area (Å²) in [4.78, 5) is 0. The van der Waals surface area contributed by atoms with E-state index in [1.807, 2.05) is 19.1 Å². The van der Waals surface area contributed by atoms with Gasteiger partial charge in [0, 0.05) is 12.2 Å². The van der Waals surface area contributed by atoms with Crippen molar-refractivity contribution in [3.63, 3.8) is 0 Å². The molecule has 1 aromatic carbocycles. The number of hydrogen-bond acceptors (Lipinski definition) is 5. The minimum atomic E-state index is -0.179. The summed E-state index contributed by atoms with van der Waals surface area (Å²) in [5.41, 5.74) is 3.79. The molecule has 0 bridgehead atoms. The molecule has 0 aromatic heterocycles. The Morgan fingerprint density at radius 2 is 1.90 bits per heavy atom. The first-order valence-corrected chi connectivity index (χ1v) is 7.79. The van der Waals surface area contributed by atoms with E-state index in [4.69, 9.17) is 20.1 Å². The van der Waals surface area contributed by atoms with Crippen LogP contribution in [0.2, 0.25) is 0 Å². The van der Waals surface area contributed by atoms with Gasteiger partial charge in [0.05, 0.1) is 26.4 Å². The second-order valence-corrected chi connectivity index (χ2v) is 5.81. The maximum absolute atomic E-state index is 5.86. The molecule has 0 saturated carbocycles. The van der Waals surface area contributed by atoms with Crippen LogP contribution in [-0.4, -0.2) is 26.9 Å². The Hall–Kier alpha value is -0.820. The number of benzene rings is 1. The first-order valence-electron chi connectivity index (χ1n) is 6.99. The molecule has 120 valence electrons. The maximum Gasteiger partial charge on any atom is 0.141 e. The average molecular weight is 361 g/mol. The third-order valence-corrected chi connectivity index (χ3v) is 4.13. The predicted octanol–water partition coefficient (Wildman–Crippen LogP) is 3.03. The number of nitrogens with one attached hydrogen (secondary N) is 1. The molecule has 0 heterocycles. The zero-order valence-electron chi connectivity index (χ0n) is 13.3. The summed E-state index contributed by atoms with van der Waals surface area (Å²) in [6, 6.07) is 3.65. The van der Waals surface area contributed by atoms with E-state index in [0.717, 1.165) is 10.0 Å². The topological polar surface area (TPSA) is 65.7 Å². The molecule has 0 aliphatic rings. The monoisotopic (exact) mass is 360 g/mol. The van der Waals surface area contributed by atoms with Gasteiger partial charge in [0.1, 0.15) is 16.0 Å². The van der Waals surface area contributed by atoms with E-state index >= 15 is 0 Å². The van der Waals surface area contributed by atoms with Crippen molar-refractivity contribution in [2.75, 3.05) is 20.8 Å². The van der Waals surface area contributed by atoms with Gasteiger partial charge in [0.25, 0.3) is 0 Å². The Balaban J connectivity index is 3.30. The van der Waals surface area contributed by atoms with E-state index in [9.17, 15) is 0 Å². The van der Waals surface area contributed by atoms with E-state index in [1.165, 1.54) is 0 Å².